The van der Waals surface area contributed by atoms with E-state index in [9.17, 15) is 9.59 Å². The highest BCUT2D eigenvalue weighted by atomic mass is 16.5. The number of ether oxygens (including phenoxy) is 1. The SMILES string of the molecule is CC(C)CNC(=O)C1CC2CN(C(=O)CCc3ccc[nH]3)CC1O2. The lowest BCUT2D eigenvalue weighted by atomic mass is 9.99. The summed E-state index contributed by atoms with van der Waals surface area (Å²) in [5, 5.41) is 3.00. The number of fused-ring (bicyclic) bond motifs is 2. The number of nitrogens with one attached hydrogen (secondary N) is 2. The summed E-state index contributed by atoms with van der Waals surface area (Å²) in [6, 6.07) is 3.93. The van der Waals surface area contributed by atoms with Crippen LogP contribution in [0.1, 0.15) is 32.4 Å². The highest BCUT2D eigenvalue weighted by Crippen LogP contribution is 2.32. The quantitative estimate of drug-likeness (QED) is 0.825. The van der Waals surface area contributed by atoms with E-state index in [1.807, 2.05) is 23.2 Å². The minimum absolute atomic E-state index is 0.00649. The van der Waals surface area contributed by atoms with Crippen molar-refractivity contribution in [3.8, 4) is 0 Å². The number of aromatic nitrogens is 1. The fraction of sp³-hybridized carbons (Fsp3) is 0.667. The van der Waals surface area contributed by atoms with E-state index in [1.165, 1.54) is 0 Å². The fourth-order valence-electron chi connectivity index (χ4n) is 3.50. The van der Waals surface area contributed by atoms with Gasteiger partial charge < -0.3 is 19.9 Å². The third-order valence-corrected chi connectivity index (χ3v) is 4.80. The molecule has 24 heavy (non-hydrogen) atoms. The van der Waals surface area contributed by atoms with E-state index >= 15 is 0 Å². The highest BCUT2D eigenvalue weighted by Gasteiger charge is 2.45. The van der Waals surface area contributed by atoms with Crippen LogP contribution in [0.2, 0.25) is 0 Å². The molecule has 2 amide bonds. The van der Waals surface area contributed by atoms with Crippen LogP contribution >= 0.6 is 0 Å². The van der Waals surface area contributed by atoms with Crippen molar-refractivity contribution in [2.75, 3.05) is 19.6 Å². The van der Waals surface area contributed by atoms with Crippen LogP contribution in [-0.4, -0.2) is 53.5 Å². The maximum atomic E-state index is 12.5. The number of nitrogens with zero attached hydrogens (tertiary/aromatic N) is 1. The molecule has 0 aliphatic carbocycles. The molecule has 3 unspecified atom stereocenters. The Hall–Kier alpha value is -1.82. The Morgan fingerprint density at radius 2 is 2.25 bits per heavy atom. The van der Waals surface area contributed by atoms with E-state index in [4.69, 9.17) is 4.74 Å². The zero-order valence-electron chi connectivity index (χ0n) is 14.5. The largest absolute Gasteiger partial charge is 0.370 e. The molecular formula is C18H27N3O3. The summed E-state index contributed by atoms with van der Waals surface area (Å²) >= 11 is 0. The summed E-state index contributed by atoms with van der Waals surface area (Å²) in [6.07, 6.45) is 3.63. The van der Waals surface area contributed by atoms with E-state index in [2.05, 4.69) is 24.1 Å². The van der Waals surface area contributed by atoms with Crippen LogP contribution in [0.5, 0.6) is 0 Å². The van der Waals surface area contributed by atoms with Crippen LogP contribution in [0.3, 0.4) is 0 Å². The minimum Gasteiger partial charge on any atom is -0.370 e. The summed E-state index contributed by atoms with van der Waals surface area (Å²) in [5.41, 5.74) is 1.07. The number of rotatable bonds is 6. The molecule has 2 aliphatic heterocycles. The second kappa shape index (κ2) is 7.38. The Labute approximate surface area is 142 Å². The Kier molecular flexibility index (Phi) is 5.23. The molecule has 3 atom stereocenters. The molecule has 3 heterocycles. The van der Waals surface area contributed by atoms with E-state index < -0.39 is 0 Å². The number of amides is 2. The van der Waals surface area contributed by atoms with Crippen molar-refractivity contribution in [2.24, 2.45) is 11.8 Å². The maximum absolute atomic E-state index is 12.5. The smallest absolute Gasteiger partial charge is 0.225 e. The van der Waals surface area contributed by atoms with Gasteiger partial charge in [-0.1, -0.05) is 13.8 Å². The van der Waals surface area contributed by atoms with Crippen molar-refractivity contribution in [1.29, 1.82) is 0 Å². The number of hydrogen-bond donors (Lipinski definition) is 2. The zero-order valence-corrected chi connectivity index (χ0v) is 14.5. The van der Waals surface area contributed by atoms with Gasteiger partial charge in [-0.3, -0.25) is 9.59 Å². The summed E-state index contributed by atoms with van der Waals surface area (Å²) in [5.74, 6) is 0.514. The Balaban J connectivity index is 1.51. The number of morpholine rings is 1. The molecule has 1 aromatic heterocycles. The molecule has 2 saturated heterocycles. The second-order valence-corrected chi connectivity index (χ2v) is 7.27. The predicted molar refractivity (Wildman–Crippen MR) is 90.3 cm³/mol. The average Bonchev–Trinajstić information content (AvgIpc) is 3.17. The van der Waals surface area contributed by atoms with Gasteiger partial charge in [0, 0.05) is 37.9 Å². The number of aromatic amines is 1. The minimum atomic E-state index is -0.162. The molecule has 1 aromatic rings. The molecule has 6 heteroatoms. The first-order chi connectivity index (χ1) is 11.5. The third kappa shape index (κ3) is 3.98. The molecule has 0 spiro atoms. The number of likely N-dealkylation sites (tertiary alicyclic amines) is 1. The molecule has 6 nitrogen and oxygen atoms in total. The molecule has 2 aliphatic rings. The molecule has 0 aromatic carbocycles. The van der Waals surface area contributed by atoms with Gasteiger partial charge >= 0.3 is 0 Å². The normalized spacial score (nSPS) is 26.0. The Bertz CT molecular complexity index is 570. The van der Waals surface area contributed by atoms with Gasteiger partial charge in [-0.05, 0) is 30.9 Å². The monoisotopic (exact) mass is 333 g/mol. The first-order valence-electron chi connectivity index (χ1n) is 8.86. The number of carbonyl (C=O) groups excluding carboxylic acids is 2. The van der Waals surface area contributed by atoms with Crippen LogP contribution in [0.25, 0.3) is 0 Å². The number of H-pyrrole nitrogens is 1. The lowest BCUT2D eigenvalue weighted by Gasteiger charge is -2.33. The Morgan fingerprint density at radius 1 is 1.42 bits per heavy atom. The summed E-state index contributed by atoms with van der Waals surface area (Å²) in [6.45, 7) is 5.97. The summed E-state index contributed by atoms with van der Waals surface area (Å²) < 4.78 is 5.91. The van der Waals surface area contributed by atoms with Gasteiger partial charge in [0.25, 0.3) is 0 Å². The van der Waals surface area contributed by atoms with Crippen molar-refractivity contribution >= 4 is 11.8 Å². The fourth-order valence-corrected chi connectivity index (χ4v) is 3.50. The maximum Gasteiger partial charge on any atom is 0.225 e. The van der Waals surface area contributed by atoms with Gasteiger partial charge in [-0.25, -0.2) is 0 Å². The molecule has 3 rings (SSSR count). The van der Waals surface area contributed by atoms with Gasteiger partial charge in [0.1, 0.15) is 0 Å². The molecule has 132 valence electrons. The zero-order chi connectivity index (χ0) is 17.1. The van der Waals surface area contributed by atoms with Crippen LogP contribution in [0, 0.1) is 11.8 Å². The van der Waals surface area contributed by atoms with Crippen LogP contribution in [0.4, 0.5) is 0 Å². The first kappa shape index (κ1) is 17.0. The lowest BCUT2D eigenvalue weighted by Crippen LogP contribution is -2.48. The van der Waals surface area contributed by atoms with Gasteiger partial charge in [-0.2, -0.15) is 0 Å². The van der Waals surface area contributed by atoms with Gasteiger partial charge in [0.2, 0.25) is 11.8 Å². The van der Waals surface area contributed by atoms with Crippen molar-refractivity contribution in [2.45, 2.75) is 45.3 Å². The summed E-state index contributed by atoms with van der Waals surface area (Å²) in [7, 11) is 0. The van der Waals surface area contributed by atoms with Gasteiger partial charge in [0.05, 0.1) is 18.1 Å². The van der Waals surface area contributed by atoms with Crippen LogP contribution < -0.4 is 5.32 Å². The Morgan fingerprint density at radius 3 is 2.96 bits per heavy atom. The van der Waals surface area contributed by atoms with Crippen molar-refractivity contribution < 1.29 is 14.3 Å². The molecular weight excluding hydrogens is 306 g/mol. The van der Waals surface area contributed by atoms with Gasteiger partial charge in [-0.15, -0.1) is 0 Å². The average molecular weight is 333 g/mol. The highest BCUT2D eigenvalue weighted by molar-refractivity contribution is 5.80. The standard InChI is InChI=1S/C18H27N3O3/c1-12(2)9-20-18(23)15-8-14-10-21(11-16(15)24-14)17(22)6-5-13-4-3-7-19-13/h3-4,7,12,14-16,19H,5-6,8-11H2,1-2H3,(H,20,23). The molecule has 2 fully saturated rings. The number of aryl methyl sites for hydroxylation is 1. The van der Waals surface area contributed by atoms with E-state index in [-0.39, 0.29) is 29.9 Å². The molecule has 2 bridgehead atoms. The molecule has 0 saturated carbocycles. The van der Waals surface area contributed by atoms with Crippen molar-refractivity contribution in [1.82, 2.24) is 15.2 Å². The van der Waals surface area contributed by atoms with E-state index in [1.54, 1.807) is 0 Å². The first-order valence-corrected chi connectivity index (χ1v) is 8.86. The molecule has 2 N–H and O–H groups in total. The van der Waals surface area contributed by atoms with Crippen LogP contribution in [-0.2, 0) is 20.7 Å². The van der Waals surface area contributed by atoms with Crippen molar-refractivity contribution in [3.63, 3.8) is 0 Å². The molecule has 0 radical (unpaired) electrons. The van der Waals surface area contributed by atoms with Gasteiger partial charge in [0.15, 0.2) is 0 Å². The number of carbonyl (C=O) groups is 2. The second-order valence-electron chi connectivity index (χ2n) is 7.27. The van der Waals surface area contributed by atoms with Crippen LogP contribution in [0.15, 0.2) is 18.3 Å². The number of hydrogen-bond acceptors (Lipinski definition) is 3. The third-order valence-electron chi connectivity index (χ3n) is 4.80. The van der Waals surface area contributed by atoms with E-state index in [0.29, 0.717) is 32.0 Å². The van der Waals surface area contributed by atoms with Crippen molar-refractivity contribution in [3.05, 3.63) is 24.0 Å². The van der Waals surface area contributed by atoms with E-state index in [0.717, 1.165) is 18.5 Å². The summed E-state index contributed by atoms with van der Waals surface area (Å²) in [4.78, 5) is 29.8. The predicted octanol–water partition coefficient (Wildman–Crippen LogP) is 1.34. The topological polar surface area (TPSA) is 74.4 Å². The lowest BCUT2D eigenvalue weighted by molar-refractivity contribution is -0.142.